The lowest BCUT2D eigenvalue weighted by atomic mass is 9.80. The van der Waals surface area contributed by atoms with E-state index in [9.17, 15) is 15.0 Å². The highest BCUT2D eigenvalue weighted by molar-refractivity contribution is 5.89. The number of esters is 1. The first-order valence-electron chi connectivity index (χ1n) is 13.2. The Kier molecular flexibility index (Phi) is 8.69. The number of hydrogen-bond donors (Lipinski definition) is 2. The molecule has 2 N–H and O–H groups in total. The van der Waals surface area contributed by atoms with Crippen LogP contribution >= 0.6 is 0 Å². The Morgan fingerprint density at radius 3 is 1.62 bits per heavy atom. The molecule has 206 valence electrons. The number of carbonyl (C=O) groups excluding carboxylic acids is 1. The second-order valence-corrected chi connectivity index (χ2v) is 9.59. The molecule has 1 heterocycles. The van der Waals surface area contributed by atoms with E-state index < -0.39 is 42.3 Å². The van der Waals surface area contributed by atoms with Crippen molar-refractivity contribution in [2.45, 2.75) is 36.3 Å². The molecule has 0 radical (unpaired) electrons. The molecular weight excluding hydrogens is 508 g/mol. The monoisotopic (exact) mass is 540 g/mol. The molecular formula is C33H32O7. The van der Waals surface area contributed by atoms with E-state index in [0.29, 0.717) is 5.56 Å². The quantitative estimate of drug-likeness (QED) is 0.241. The third-order valence-corrected chi connectivity index (χ3v) is 7.13. The standard InChI is InChI=1S/C33H32O7/c1-37-32-29(35)30(40-31(36)23-14-6-2-7-15-23)28(34)27(39-32)22-38-33(24-16-8-3-9-17-24,25-18-10-4-11-19-25)26-20-12-5-13-21-26/h2-21,27-30,32,34-35H,22H2,1H3/t27-,28+,29-,30+,32-/m1/s1. The highest BCUT2D eigenvalue weighted by Crippen LogP contribution is 2.41. The van der Waals surface area contributed by atoms with E-state index >= 15 is 0 Å². The second-order valence-electron chi connectivity index (χ2n) is 9.59. The largest absolute Gasteiger partial charge is 0.453 e. The lowest BCUT2D eigenvalue weighted by Gasteiger charge is -2.43. The van der Waals surface area contributed by atoms with Gasteiger partial charge in [-0.2, -0.15) is 0 Å². The molecule has 0 amide bonds. The molecule has 7 nitrogen and oxygen atoms in total. The minimum Gasteiger partial charge on any atom is -0.453 e. The molecule has 0 spiro atoms. The molecule has 1 saturated heterocycles. The van der Waals surface area contributed by atoms with Gasteiger partial charge in [0.2, 0.25) is 0 Å². The van der Waals surface area contributed by atoms with Crippen LogP contribution in [0.1, 0.15) is 27.0 Å². The predicted molar refractivity (Wildman–Crippen MR) is 148 cm³/mol. The molecule has 1 aliphatic heterocycles. The van der Waals surface area contributed by atoms with Gasteiger partial charge in [0.1, 0.15) is 23.9 Å². The Bertz CT molecular complexity index is 1250. The van der Waals surface area contributed by atoms with Crippen LogP contribution in [0, 0.1) is 0 Å². The third kappa shape index (κ3) is 5.56. The number of carbonyl (C=O) groups is 1. The van der Waals surface area contributed by atoms with Gasteiger partial charge in [0, 0.05) is 7.11 Å². The number of methoxy groups -OCH3 is 1. The van der Waals surface area contributed by atoms with Gasteiger partial charge in [0.05, 0.1) is 12.2 Å². The summed E-state index contributed by atoms with van der Waals surface area (Å²) in [5, 5.41) is 22.2. The Labute approximate surface area is 233 Å². The van der Waals surface area contributed by atoms with Gasteiger partial charge in [-0.1, -0.05) is 109 Å². The van der Waals surface area contributed by atoms with Crippen molar-refractivity contribution in [3.8, 4) is 0 Å². The molecule has 0 saturated carbocycles. The number of hydrogen-bond acceptors (Lipinski definition) is 7. The van der Waals surface area contributed by atoms with Crippen LogP contribution < -0.4 is 0 Å². The van der Waals surface area contributed by atoms with Crippen LogP contribution in [0.2, 0.25) is 0 Å². The van der Waals surface area contributed by atoms with E-state index in [-0.39, 0.29) is 6.61 Å². The van der Waals surface area contributed by atoms with Gasteiger partial charge in [-0.05, 0) is 28.8 Å². The highest BCUT2D eigenvalue weighted by atomic mass is 16.7. The first-order chi connectivity index (χ1) is 19.5. The topological polar surface area (TPSA) is 94.5 Å². The Hall–Kier alpha value is -3.85. The van der Waals surface area contributed by atoms with Crippen molar-refractivity contribution in [3.05, 3.63) is 144 Å². The van der Waals surface area contributed by atoms with Crippen LogP contribution in [-0.4, -0.2) is 60.6 Å². The zero-order valence-electron chi connectivity index (χ0n) is 22.1. The van der Waals surface area contributed by atoms with E-state index in [1.165, 1.54) is 7.11 Å². The second kappa shape index (κ2) is 12.6. The lowest BCUT2D eigenvalue weighted by molar-refractivity contribution is -0.298. The molecule has 0 unspecified atom stereocenters. The molecule has 0 aromatic heterocycles. The molecule has 1 fully saturated rings. The maximum atomic E-state index is 12.8. The Morgan fingerprint density at radius 2 is 1.18 bits per heavy atom. The van der Waals surface area contributed by atoms with Gasteiger partial charge in [0.25, 0.3) is 0 Å². The maximum Gasteiger partial charge on any atom is 0.338 e. The zero-order chi connectivity index (χ0) is 28.0. The van der Waals surface area contributed by atoms with Gasteiger partial charge < -0.3 is 29.2 Å². The first kappa shape index (κ1) is 27.7. The third-order valence-electron chi connectivity index (χ3n) is 7.13. The first-order valence-corrected chi connectivity index (χ1v) is 13.2. The lowest BCUT2D eigenvalue weighted by Crippen LogP contribution is -2.60. The van der Waals surface area contributed by atoms with Crippen molar-refractivity contribution < 1.29 is 34.0 Å². The smallest absolute Gasteiger partial charge is 0.338 e. The van der Waals surface area contributed by atoms with Crippen LogP contribution in [0.3, 0.4) is 0 Å². The molecule has 4 aromatic rings. The Balaban J connectivity index is 1.48. The SMILES string of the molecule is CO[C@@H]1O[C@H](COC(c2ccccc2)(c2ccccc2)c2ccccc2)[C@H](O)[C@H](OC(=O)c2ccccc2)[C@H]1O. The number of ether oxygens (including phenoxy) is 4. The van der Waals surface area contributed by atoms with Gasteiger partial charge >= 0.3 is 5.97 Å². The van der Waals surface area contributed by atoms with Crippen LogP contribution in [0.5, 0.6) is 0 Å². The molecule has 0 aliphatic carbocycles. The summed E-state index contributed by atoms with van der Waals surface area (Å²) >= 11 is 0. The summed E-state index contributed by atoms with van der Waals surface area (Å²) in [5.74, 6) is -0.674. The zero-order valence-corrected chi connectivity index (χ0v) is 22.1. The average molecular weight is 541 g/mol. The van der Waals surface area contributed by atoms with Crippen LogP contribution in [0.15, 0.2) is 121 Å². The van der Waals surface area contributed by atoms with Gasteiger partial charge in [-0.3, -0.25) is 0 Å². The van der Waals surface area contributed by atoms with E-state index in [1.807, 2.05) is 91.0 Å². The number of benzene rings is 4. The summed E-state index contributed by atoms with van der Waals surface area (Å²) in [5.41, 5.74) is 1.89. The summed E-state index contributed by atoms with van der Waals surface area (Å²) in [6.45, 7) is -0.105. The fourth-order valence-electron chi connectivity index (χ4n) is 5.12. The van der Waals surface area contributed by atoms with Crippen molar-refractivity contribution in [3.63, 3.8) is 0 Å². The van der Waals surface area contributed by atoms with Gasteiger partial charge in [0.15, 0.2) is 12.4 Å². The van der Waals surface area contributed by atoms with E-state index in [0.717, 1.165) is 16.7 Å². The summed E-state index contributed by atoms with van der Waals surface area (Å²) in [6.07, 6.45) is -6.25. The summed E-state index contributed by atoms with van der Waals surface area (Å²) in [6, 6.07) is 37.8. The van der Waals surface area contributed by atoms with E-state index in [4.69, 9.17) is 18.9 Å². The fourth-order valence-corrected chi connectivity index (χ4v) is 5.12. The number of aliphatic hydroxyl groups is 2. The molecule has 7 heteroatoms. The maximum absolute atomic E-state index is 12.8. The molecule has 1 aliphatic rings. The molecule has 5 rings (SSSR count). The van der Waals surface area contributed by atoms with Crippen LogP contribution in [0.4, 0.5) is 0 Å². The van der Waals surface area contributed by atoms with Crippen molar-refractivity contribution >= 4 is 5.97 Å². The van der Waals surface area contributed by atoms with Crippen LogP contribution in [0.25, 0.3) is 0 Å². The minimum atomic E-state index is -1.41. The van der Waals surface area contributed by atoms with E-state index in [1.54, 1.807) is 30.3 Å². The van der Waals surface area contributed by atoms with E-state index in [2.05, 4.69) is 0 Å². The van der Waals surface area contributed by atoms with Crippen LogP contribution in [-0.2, 0) is 24.5 Å². The molecule has 0 bridgehead atoms. The molecule has 5 atom stereocenters. The fraction of sp³-hybridized carbons (Fsp3) is 0.242. The summed E-state index contributed by atoms with van der Waals surface area (Å²) in [4.78, 5) is 12.8. The van der Waals surface area contributed by atoms with Crippen molar-refractivity contribution in [2.24, 2.45) is 0 Å². The van der Waals surface area contributed by atoms with Crippen molar-refractivity contribution in [1.82, 2.24) is 0 Å². The van der Waals surface area contributed by atoms with Gasteiger partial charge in [-0.25, -0.2) is 4.79 Å². The minimum absolute atomic E-state index is 0.105. The Morgan fingerprint density at radius 1 is 0.725 bits per heavy atom. The predicted octanol–water partition coefficient (Wildman–Crippen LogP) is 4.31. The normalized spacial score (nSPS) is 22.9. The molecule has 40 heavy (non-hydrogen) atoms. The average Bonchev–Trinajstić information content (AvgIpc) is 3.02. The van der Waals surface area contributed by atoms with Crippen molar-refractivity contribution in [2.75, 3.05) is 13.7 Å². The highest BCUT2D eigenvalue weighted by Gasteiger charge is 2.48. The molecule has 4 aromatic carbocycles. The van der Waals surface area contributed by atoms with Crippen molar-refractivity contribution in [1.29, 1.82) is 0 Å². The number of aliphatic hydroxyl groups excluding tert-OH is 2. The summed E-state index contributed by atoms with van der Waals surface area (Å²) < 4.78 is 23.7. The number of rotatable bonds is 9. The summed E-state index contributed by atoms with van der Waals surface area (Å²) in [7, 11) is 1.38. The van der Waals surface area contributed by atoms with Gasteiger partial charge in [-0.15, -0.1) is 0 Å².